The fourth-order valence-electron chi connectivity index (χ4n) is 14.6. The Morgan fingerprint density at radius 2 is 1.19 bits per heavy atom. The van der Waals surface area contributed by atoms with Gasteiger partial charge in [-0.3, -0.25) is 82.0 Å². The van der Waals surface area contributed by atoms with E-state index in [1.165, 1.54) is 57.5 Å². The molecule has 128 heavy (non-hydrogen) atoms. The monoisotopic (exact) mass is 1850 g/mol. The summed E-state index contributed by atoms with van der Waals surface area (Å²) in [6, 6.07) is -1.98. The van der Waals surface area contributed by atoms with Crippen molar-refractivity contribution in [1.29, 1.82) is 5.41 Å². The van der Waals surface area contributed by atoms with Crippen LogP contribution in [0, 0.1) is 5.41 Å². The highest BCUT2D eigenvalue weighted by molar-refractivity contribution is 8.77. The molecule has 0 bridgehead atoms. The molecule has 0 unspecified atom stereocenters. The van der Waals surface area contributed by atoms with Crippen molar-refractivity contribution in [2.75, 3.05) is 44.3 Å². The van der Waals surface area contributed by atoms with Crippen LogP contribution in [0.25, 0.3) is 10.9 Å². The Bertz CT molecular complexity index is 4470. The van der Waals surface area contributed by atoms with E-state index in [1.807, 2.05) is 4.72 Å². The molecule has 2 aromatic carbocycles. The van der Waals surface area contributed by atoms with Gasteiger partial charge in [0.2, 0.25) is 98.6 Å². The van der Waals surface area contributed by atoms with Crippen molar-refractivity contribution < 1.29 is 90.5 Å². The third kappa shape index (κ3) is 37.0. The number of amides is 15. The number of carbonyl (C=O) groups is 15. The summed E-state index contributed by atoms with van der Waals surface area (Å²) in [6.45, 7) is 4.17. The minimum Gasteiger partial charge on any atom is -0.394 e. The van der Waals surface area contributed by atoms with Gasteiger partial charge in [-0.15, -0.1) is 0 Å². The summed E-state index contributed by atoms with van der Waals surface area (Å²) in [4.78, 5) is 223. The van der Waals surface area contributed by atoms with Crippen LogP contribution in [0.15, 0.2) is 73.3 Å². The summed E-state index contributed by atoms with van der Waals surface area (Å²) < 4.78 is 26.0. The number of fused-ring (bicyclic) bond motifs is 2. The fraction of sp³-hybridized carbons (Fsp3) is 0.607. The number of nitrogens with two attached hydrogens (primary N) is 4. The molecule has 4 aromatic rings. The minimum absolute atomic E-state index is 0.0174. The van der Waals surface area contributed by atoms with Gasteiger partial charge < -0.3 is 112 Å². The lowest BCUT2D eigenvalue weighted by molar-refractivity contribution is -0.142. The van der Waals surface area contributed by atoms with Crippen LogP contribution in [-0.2, 0) is 101 Å². The van der Waals surface area contributed by atoms with Crippen molar-refractivity contribution in [2.24, 2.45) is 22.9 Å². The number of carbonyl (C=O) groups excluding carboxylic acids is 15. The number of H-pyrrole nitrogens is 2. The van der Waals surface area contributed by atoms with Gasteiger partial charge in [-0.25, -0.2) is 13.4 Å². The van der Waals surface area contributed by atoms with Gasteiger partial charge in [-0.2, -0.15) is 0 Å². The largest absolute Gasteiger partial charge is 0.394 e. The first-order chi connectivity index (χ1) is 61.0. The number of primary amides is 2. The van der Waals surface area contributed by atoms with Gasteiger partial charge in [0.05, 0.1) is 37.0 Å². The topological polar surface area (TPSA) is 663 Å². The Morgan fingerprint density at radius 1 is 0.617 bits per heavy atom. The fourth-order valence-corrected chi connectivity index (χ4v) is 18.5. The van der Waals surface area contributed by atoms with Gasteiger partial charge in [-0.05, 0) is 69.6 Å². The molecule has 26 N–H and O–H groups in total. The Morgan fingerprint density at radius 3 is 1.82 bits per heavy atom. The van der Waals surface area contributed by atoms with Crippen LogP contribution in [0.3, 0.4) is 0 Å². The second-order valence-electron chi connectivity index (χ2n) is 32.6. The molecule has 0 radical (unpaired) electrons. The molecule has 2 aliphatic rings. The lowest BCUT2D eigenvalue weighted by Gasteiger charge is -2.34. The van der Waals surface area contributed by atoms with E-state index in [-0.39, 0.29) is 82.4 Å². The van der Waals surface area contributed by atoms with Crippen molar-refractivity contribution in [3.8, 4) is 0 Å². The first-order valence-electron chi connectivity index (χ1n) is 43.7. The molecule has 2 saturated heterocycles. The Labute approximate surface area is 753 Å². The van der Waals surface area contributed by atoms with Crippen LogP contribution >= 0.6 is 21.6 Å². The lowest BCUT2D eigenvalue weighted by atomic mass is 9.99. The number of aliphatic hydroxyl groups excluding tert-OH is 2. The van der Waals surface area contributed by atoms with E-state index in [0.717, 1.165) is 58.6 Å². The van der Waals surface area contributed by atoms with Crippen LogP contribution < -0.4 is 91.5 Å². The van der Waals surface area contributed by atoms with Crippen LogP contribution in [-0.4, -0.2) is 255 Å². The Kier molecular flexibility index (Phi) is 45.5. The maximum Gasteiger partial charge on any atom is 0.246 e. The number of sulfonamides is 1. The summed E-state index contributed by atoms with van der Waals surface area (Å²) >= 11 is 0. The number of nitrogens with one attached hydrogen (secondary N) is 16. The van der Waals surface area contributed by atoms with Crippen molar-refractivity contribution in [3.05, 3.63) is 90.1 Å². The molecule has 0 aliphatic carbocycles. The number of hydrogen-bond donors (Lipinski definition) is 22. The van der Waals surface area contributed by atoms with Gasteiger partial charge in [0.25, 0.3) is 0 Å². The van der Waals surface area contributed by atoms with Gasteiger partial charge in [0.15, 0.2) is 5.96 Å². The highest BCUT2D eigenvalue weighted by atomic mass is 33.1. The molecule has 708 valence electrons. The summed E-state index contributed by atoms with van der Waals surface area (Å²) in [7, 11) is -2.22. The first-order valence-corrected chi connectivity index (χ1v) is 47.7. The van der Waals surface area contributed by atoms with Crippen LogP contribution in [0.4, 0.5) is 0 Å². The summed E-state index contributed by atoms with van der Waals surface area (Å²) in [5, 5.41) is 60.9. The predicted molar refractivity (Wildman–Crippen MR) is 481 cm³/mol. The van der Waals surface area contributed by atoms with Crippen molar-refractivity contribution in [2.45, 2.75) is 278 Å². The number of guanidine groups is 1. The minimum atomic E-state index is -4.10. The molecule has 2 aliphatic heterocycles. The quantitative estimate of drug-likeness (QED) is 0.0108. The SMILES string of the molecule is CCCCCCCCCCCCCCCC(=O)NS(=O)(=O)CCCC(=O)NCC(=O)N[C@@H](CO)C(=O)N[C@H](CCC(N)=O)C(=O)N[C@@H](Cc1c[nH]cn1)C(=O)N[C@@H](CN)C(=O)N[C@@H](CCCC)C(=O)N[C@H]1CSSC(C)(C)[C@@H](C(N)=O)NC(=O)[C@H](Cc2c[nH]c3ccccc23)NC(=O)[C@H](CCCNC(=N)N)NC(=O)[C@@H](Cc2ccccc2)NC(=O)[C@@H]2C[C@@H](O)CN2C1=O. The molecule has 44 heteroatoms. The molecule has 0 saturated carbocycles. The van der Waals surface area contributed by atoms with E-state index in [0.29, 0.717) is 34.9 Å². The molecule has 2 fully saturated rings. The lowest BCUT2D eigenvalue weighted by Crippen LogP contribution is -2.62. The number of imidazole rings is 1. The third-order valence-electron chi connectivity index (χ3n) is 21.7. The number of unbranched alkanes of at least 4 members (excludes halogenated alkanes) is 13. The summed E-state index contributed by atoms with van der Waals surface area (Å²) in [5.41, 5.74) is 25.3. The maximum atomic E-state index is 15.5. The van der Waals surface area contributed by atoms with Crippen molar-refractivity contribution in [1.82, 2.24) is 88.4 Å². The summed E-state index contributed by atoms with van der Waals surface area (Å²) in [6.07, 6.45) is 15.0. The number of aromatic amines is 2. The molecule has 0 spiro atoms. The molecule has 12 atom stereocenters. The zero-order valence-electron chi connectivity index (χ0n) is 73.2. The highest BCUT2D eigenvalue weighted by Crippen LogP contribution is 2.39. The standard InChI is InChI=1S/C84H130N22O19S3/c1-5-7-9-10-11-12-13-14-15-16-17-18-22-33-69(111)105-128(124,125)38-26-34-68(110)93-46-70(112)95-64(48-107)80(121)98-59(35-36-67(86)109)75(116)100-62(41-53-45-90-50-94-53)77(118)102-63(43-85)79(120)97-57(30-8-6-2)74(115)103-65-49-126-127-84(3,4)71(72(87)113)104-78(119)61(40-52-44-92-56-31-24-23-29-55(52)56)99-73(114)58(32-25-37-91-83(88)89)96-76(117)60(39-51-27-20-19-21-28-51)101-81(122)66-42-54(108)47-106(66)82(65)123/h19-21,23-24,27-29,31,44-45,50,54,57-66,71,92,107-108H,5-18,22,25-26,30,32-43,46-49,85H2,1-4H3,(H2,86,109)(H2,87,113)(H,90,94)(H,93,110)(H,95,112)(H,96,117)(H,97,120)(H,98,121)(H,99,114)(H,100,116)(H,101,122)(H,102,118)(H,103,115)(H,104,119)(H,105,111)(H4,88,89,91)/t54-,57+,58+,59-,60-,61+,62+,63+,64+,65+,66+,71-/m1/s1. The summed E-state index contributed by atoms with van der Waals surface area (Å²) in [5.74, 6) is -15.7. The molecule has 41 nitrogen and oxygen atoms in total. The molecule has 2 aromatic heterocycles. The molecule has 6 rings (SSSR count). The van der Waals surface area contributed by atoms with Crippen molar-refractivity contribution in [3.63, 3.8) is 0 Å². The van der Waals surface area contributed by atoms with Gasteiger partial charge >= 0.3 is 0 Å². The highest BCUT2D eigenvalue weighted by Gasteiger charge is 2.46. The van der Waals surface area contributed by atoms with E-state index >= 15 is 9.59 Å². The smallest absolute Gasteiger partial charge is 0.246 e. The van der Waals surface area contributed by atoms with E-state index in [4.69, 9.17) is 28.3 Å². The van der Waals surface area contributed by atoms with E-state index in [2.05, 4.69) is 85.7 Å². The number of aromatic nitrogens is 3. The van der Waals surface area contributed by atoms with Crippen LogP contribution in [0.1, 0.15) is 199 Å². The average Bonchev–Trinajstić information content (AvgIpc) is 1.70. The van der Waals surface area contributed by atoms with E-state index in [1.54, 1.807) is 81.6 Å². The molecule has 4 heterocycles. The van der Waals surface area contributed by atoms with Crippen LogP contribution in [0.5, 0.6) is 0 Å². The van der Waals surface area contributed by atoms with Crippen molar-refractivity contribution >= 4 is 137 Å². The normalized spacial score (nSPS) is 19.4. The number of nitrogens with zero attached hydrogens (tertiary/aromatic N) is 2. The third-order valence-corrected chi connectivity index (χ3v) is 26.3. The van der Waals surface area contributed by atoms with Gasteiger partial charge in [-0.1, -0.05) is 174 Å². The second kappa shape index (κ2) is 55.0. The second-order valence-corrected chi connectivity index (χ2v) is 37.4. The number of para-hydroxylation sites is 1. The van der Waals surface area contributed by atoms with Gasteiger partial charge in [0.1, 0.15) is 66.5 Å². The van der Waals surface area contributed by atoms with E-state index in [9.17, 15) is 81.0 Å². The molecule has 15 amide bonds. The van der Waals surface area contributed by atoms with Gasteiger partial charge in [0, 0.05) is 98.4 Å². The average molecular weight is 1850 g/mol. The van der Waals surface area contributed by atoms with Crippen LogP contribution in [0.2, 0.25) is 0 Å². The maximum absolute atomic E-state index is 15.5. The number of benzene rings is 2. The number of aliphatic hydroxyl groups is 2. The number of hydrogen-bond acceptors (Lipinski definition) is 24. The number of rotatable bonds is 51. The first kappa shape index (κ1) is 106. The molecular formula is C84H130N22O19S3. The predicted octanol–water partition coefficient (Wildman–Crippen LogP) is -1.12. The zero-order chi connectivity index (χ0) is 93.9. The molecular weight excluding hydrogens is 1720 g/mol. The van der Waals surface area contributed by atoms with E-state index < -0.39 is 233 Å². The zero-order valence-corrected chi connectivity index (χ0v) is 75.6. The Balaban J connectivity index is 1.16. The Hall–Kier alpha value is -11.0.